The summed E-state index contributed by atoms with van der Waals surface area (Å²) < 4.78 is 115. The molecule has 0 spiro atoms. The first-order valence-corrected chi connectivity index (χ1v) is 31.6. The van der Waals surface area contributed by atoms with Crippen LogP contribution in [-0.4, -0.2) is 143 Å². The van der Waals surface area contributed by atoms with E-state index in [4.69, 9.17) is 11.6 Å². The molecule has 2 bridgehead atoms. The Bertz CT molecular complexity index is 3460. The van der Waals surface area contributed by atoms with Gasteiger partial charge in [-0.1, -0.05) is 61.4 Å². The maximum absolute atomic E-state index is 15.1. The molecule has 3 atom stereocenters. The van der Waals surface area contributed by atoms with Gasteiger partial charge in [0.15, 0.2) is 0 Å². The summed E-state index contributed by atoms with van der Waals surface area (Å²) in [6.45, 7) is 10.4. The number of benzene rings is 4. The summed E-state index contributed by atoms with van der Waals surface area (Å²) in [5.41, 5.74) is -0.624. The number of carbonyl (C=O) groups excluding carboxylic acids is 3. The molecule has 4 amide bonds. The van der Waals surface area contributed by atoms with E-state index in [1.54, 1.807) is 18.2 Å². The second kappa shape index (κ2) is 24.3. The van der Waals surface area contributed by atoms with Crippen LogP contribution >= 0.6 is 23.4 Å². The van der Waals surface area contributed by atoms with Crippen LogP contribution in [0.3, 0.4) is 0 Å². The number of anilines is 3. The predicted octanol–water partition coefficient (Wildman–Crippen LogP) is 9.44. The molecule has 5 aromatic rings. The van der Waals surface area contributed by atoms with Crippen molar-refractivity contribution < 1.29 is 48.8 Å². The molecule has 1 aromatic heterocycles. The van der Waals surface area contributed by atoms with Crippen molar-refractivity contribution in [2.24, 2.45) is 5.41 Å². The Balaban J connectivity index is 0.787. The summed E-state index contributed by atoms with van der Waals surface area (Å²) in [6, 6.07) is 26.4. The number of imide groups is 1. The monoisotopic (exact) mass is 1210 g/mol. The van der Waals surface area contributed by atoms with E-state index in [0.29, 0.717) is 55.9 Å². The number of nitrogens with zero attached hydrogens (tertiary/aromatic N) is 6. The summed E-state index contributed by atoms with van der Waals surface area (Å²) in [5.74, 6) is -1.85. The zero-order valence-electron chi connectivity index (χ0n) is 45.3. The largest absolute Gasteiger partial charge is 0.501 e. The van der Waals surface area contributed by atoms with Gasteiger partial charge in [0.1, 0.15) is 4.90 Å². The van der Waals surface area contributed by atoms with Gasteiger partial charge in [-0.25, -0.2) is 31.3 Å². The highest BCUT2D eigenvalue weighted by atomic mass is 35.5. The van der Waals surface area contributed by atoms with Gasteiger partial charge in [0.25, 0.3) is 25.8 Å². The summed E-state index contributed by atoms with van der Waals surface area (Å²) in [5, 5.41) is 5.99. The highest BCUT2D eigenvalue weighted by molar-refractivity contribution is 7.99. The molecule has 0 unspecified atom stereocenters. The molecule has 0 radical (unpaired) electrons. The number of aromatic nitrogens is 1. The van der Waals surface area contributed by atoms with Gasteiger partial charge in [0, 0.05) is 122 Å². The molecule has 0 saturated carbocycles. The van der Waals surface area contributed by atoms with Crippen molar-refractivity contribution in [1.82, 2.24) is 29.7 Å². The van der Waals surface area contributed by atoms with Crippen molar-refractivity contribution in [2.45, 2.75) is 97.2 Å². The SMILES string of the molecule is CC1(C)CCC(c2ccc(Cl)cc2)=C(CN2CCN(c3ccc(C(=O)NS(=O)(=O)c4ccc(N[C@H](CCN5C[C@H]6C[C@@H]5CN6Cc5cc(N6CCC(=O)NC6=O)cnc5F)CSc5ccccc5)c(S(=O)(=O)C(F)(F)F)c4)cc3)CC2)C1. The minimum Gasteiger partial charge on any atom is -0.380 e. The Morgan fingerprint density at radius 2 is 1.56 bits per heavy atom. The summed E-state index contributed by atoms with van der Waals surface area (Å²) in [4.78, 5) is 50.6. The molecule has 436 valence electrons. The minimum atomic E-state index is -6.16. The Morgan fingerprint density at radius 3 is 2.24 bits per heavy atom. The number of rotatable bonds is 19. The van der Waals surface area contributed by atoms with Crippen LogP contribution in [-0.2, 0) is 31.2 Å². The number of likely N-dealkylation sites (tertiary alicyclic amines) is 2. The van der Waals surface area contributed by atoms with Gasteiger partial charge in [0.05, 0.1) is 22.5 Å². The number of hydrogen-bond acceptors (Lipinski definition) is 14. The second-order valence-electron chi connectivity index (χ2n) is 22.4. The fraction of sp³-hybridized carbons (Fsp3) is 0.414. The molecular formula is C58H64ClF4N9O7S3. The van der Waals surface area contributed by atoms with E-state index in [0.717, 1.165) is 68.0 Å². The first-order valence-electron chi connectivity index (χ1n) is 27.2. The van der Waals surface area contributed by atoms with Crippen LogP contribution in [0.4, 0.5) is 39.4 Å². The lowest BCUT2D eigenvalue weighted by Gasteiger charge is -2.39. The number of amides is 4. The lowest BCUT2D eigenvalue weighted by Crippen LogP contribution is -2.49. The number of urea groups is 1. The molecule has 4 aromatic carbocycles. The molecule has 4 aliphatic heterocycles. The number of sulfone groups is 1. The lowest BCUT2D eigenvalue weighted by molar-refractivity contribution is -0.120. The zero-order valence-corrected chi connectivity index (χ0v) is 48.5. The third-order valence-electron chi connectivity index (χ3n) is 16.2. The van der Waals surface area contributed by atoms with Crippen molar-refractivity contribution in [3.05, 3.63) is 143 Å². The number of nitrogens with one attached hydrogen (secondary N) is 3. The van der Waals surface area contributed by atoms with E-state index in [9.17, 15) is 44.4 Å². The Hall–Kier alpha value is -6.08. The minimum absolute atomic E-state index is 0.0260. The predicted molar refractivity (Wildman–Crippen MR) is 309 cm³/mol. The number of fused-ring (bicyclic) bond motifs is 2. The number of allylic oxidation sites excluding steroid dienone is 1. The Kier molecular flexibility index (Phi) is 17.5. The van der Waals surface area contributed by atoms with E-state index in [-0.39, 0.29) is 53.9 Å². The quantitative estimate of drug-likeness (QED) is 0.0404. The number of hydrogen-bond donors (Lipinski definition) is 3. The van der Waals surface area contributed by atoms with Crippen molar-refractivity contribution in [3.63, 3.8) is 0 Å². The summed E-state index contributed by atoms with van der Waals surface area (Å²) >= 11 is 7.61. The molecule has 3 N–H and O–H groups in total. The highest BCUT2D eigenvalue weighted by Gasteiger charge is 2.49. The molecule has 16 nitrogen and oxygen atoms in total. The number of piperazine rings is 2. The molecule has 5 heterocycles. The van der Waals surface area contributed by atoms with Crippen molar-refractivity contribution >= 4 is 83.7 Å². The van der Waals surface area contributed by atoms with Gasteiger partial charge in [-0.3, -0.25) is 34.5 Å². The van der Waals surface area contributed by atoms with E-state index < -0.39 is 70.7 Å². The number of pyridine rings is 1. The normalized spacial score (nSPS) is 20.5. The third kappa shape index (κ3) is 13.6. The maximum Gasteiger partial charge on any atom is 0.501 e. The molecule has 5 aliphatic rings. The average molecular weight is 1210 g/mol. The van der Waals surface area contributed by atoms with Crippen LogP contribution < -0.4 is 25.2 Å². The molecule has 4 fully saturated rings. The zero-order chi connectivity index (χ0) is 58.1. The second-order valence-corrected chi connectivity index (χ2v) is 27.5. The van der Waals surface area contributed by atoms with Gasteiger partial charge in [-0.15, -0.1) is 11.8 Å². The lowest BCUT2D eigenvalue weighted by atomic mass is 9.73. The molecule has 10 rings (SSSR count). The standard InChI is InChI=1S/C58H64ClF4N9O7S3/c1-57(2)21-18-50(38-8-12-42(59)13-9-38)41(31-57)33-68-24-26-69(27-25-68)44-14-10-39(11-15-44)55(74)67-82(78,79)49-16-17-51(52(30-49)81(76,77)58(61,62)63)65-43(37-80-48-6-4-3-5-7-48)19-22-70-35-47-29-46(70)36-71(47)34-40-28-45(32-64-54(40)60)72-23-20-53(73)66-56(72)75/h3-17,28,30,32,43,46-47,65H,18-27,29,31,33-37H2,1-2H3,(H,67,74)(H,66,73,75)/t43-,46-,47-/m1/s1. The number of carbonyl (C=O) groups is 3. The van der Waals surface area contributed by atoms with Gasteiger partial charge < -0.3 is 10.2 Å². The number of alkyl halides is 3. The van der Waals surface area contributed by atoms with Crippen molar-refractivity contribution in [2.75, 3.05) is 79.8 Å². The van der Waals surface area contributed by atoms with E-state index in [1.807, 2.05) is 47.2 Å². The van der Waals surface area contributed by atoms with Gasteiger partial charge in [0.2, 0.25) is 11.9 Å². The number of halogens is 5. The van der Waals surface area contributed by atoms with E-state index in [1.165, 1.54) is 51.7 Å². The third-order valence-corrected chi connectivity index (χ3v) is 20.4. The highest BCUT2D eigenvalue weighted by Crippen LogP contribution is 2.43. The maximum atomic E-state index is 15.1. The van der Waals surface area contributed by atoms with Gasteiger partial charge >= 0.3 is 11.5 Å². The molecular weight excluding hydrogens is 1140 g/mol. The molecule has 24 heteroatoms. The van der Waals surface area contributed by atoms with Crippen LogP contribution in [0, 0.1) is 11.4 Å². The molecule has 82 heavy (non-hydrogen) atoms. The fourth-order valence-corrected chi connectivity index (χ4v) is 14.9. The van der Waals surface area contributed by atoms with E-state index >= 15 is 4.39 Å². The van der Waals surface area contributed by atoms with Crippen LogP contribution in [0.15, 0.2) is 130 Å². The Labute approximate surface area is 484 Å². The van der Waals surface area contributed by atoms with Crippen LogP contribution in [0.5, 0.6) is 0 Å². The molecule has 1 aliphatic carbocycles. The van der Waals surface area contributed by atoms with Crippen molar-refractivity contribution in [3.8, 4) is 0 Å². The average Bonchev–Trinajstić information content (AvgIpc) is 3.69. The van der Waals surface area contributed by atoms with Gasteiger partial charge in [-0.2, -0.15) is 17.6 Å². The van der Waals surface area contributed by atoms with Crippen molar-refractivity contribution in [1.29, 1.82) is 0 Å². The number of thioether (sulfide) groups is 1. The van der Waals surface area contributed by atoms with E-state index in [2.05, 4.69) is 61.2 Å². The first-order chi connectivity index (χ1) is 39.0. The van der Waals surface area contributed by atoms with Crippen LogP contribution in [0.2, 0.25) is 5.02 Å². The summed E-state index contributed by atoms with van der Waals surface area (Å²) in [6.07, 6.45) is 5.55. The fourth-order valence-electron chi connectivity index (χ4n) is 11.7. The number of sulfonamides is 1. The topological polar surface area (TPSA) is 185 Å². The van der Waals surface area contributed by atoms with Crippen LogP contribution in [0.1, 0.15) is 73.9 Å². The molecule has 4 saturated heterocycles. The van der Waals surface area contributed by atoms with Gasteiger partial charge in [-0.05, 0) is 121 Å². The first kappa shape index (κ1) is 59.1. The summed E-state index contributed by atoms with van der Waals surface area (Å²) in [7, 11) is -11.1. The van der Waals surface area contributed by atoms with Crippen LogP contribution in [0.25, 0.3) is 5.57 Å². The Morgan fingerprint density at radius 1 is 0.854 bits per heavy atom. The smallest absolute Gasteiger partial charge is 0.380 e.